The third-order valence-electron chi connectivity index (χ3n) is 9.91. The molecule has 0 spiro atoms. The van der Waals surface area contributed by atoms with Crippen LogP contribution >= 0.6 is 0 Å². The van der Waals surface area contributed by atoms with Crippen molar-refractivity contribution >= 4 is 21.9 Å². The third kappa shape index (κ3) is 6.08. The average Bonchev–Trinajstić information content (AvgIpc) is 3.61. The summed E-state index contributed by atoms with van der Waals surface area (Å²) in [4.78, 5) is 15.2. The Hall–Kier alpha value is -6.65. The Morgan fingerprint density at radius 1 is 0.377 bits per heavy atom. The highest BCUT2D eigenvalue weighted by Gasteiger charge is 2.24. The molecule has 0 aliphatic heterocycles. The molecule has 7 aromatic carbocycles. The van der Waals surface area contributed by atoms with Crippen molar-refractivity contribution in [2.24, 2.45) is 0 Å². The van der Waals surface area contributed by atoms with Gasteiger partial charge in [-0.2, -0.15) is 0 Å². The first-order chi connectivity index (χ1) is 25.9. The van der Waals surface area contributed by atoms with Crippen molar-refractivity contribution < 1.29 is 4.42 Å². The third-order valence-corrected chi connectivity index (χ3v) is 9.91. The van der Waals surface area contributed by atoms with E-state index in [4.69, 9.17) is 19.4 Å². The summed E-state index contributed by atoms with van der Waals surface area (Å²) in [5.41, 5.74) is 12.1. The monoisotopic (exact) mass is 683 g/mol. The Morgan fingerprint density at radius 2 is 0.849 bits per heavy atom. The highest BCUT2D eigenvalue weighted by molar-refractivity contribution is 6.19. The summed E-state index contributed by atoms with van der Waals surface area (Å²) in [7, 11) is 0. The van der Waals surface area contributed by atoms with Crippen LogP contribution in [0.2, 0.25) is 0 Å². The van der Waals surface area contributed by atoms with E-state index in [1.54, 1.807) is 0 Å². The smallest absolute Gasteiger partial charge is 0.167 e. The molecule has 0 radical (unpaired) electrons. The van der Waals surface area contributed by atoms with Crippen LogP contribution in [0.25, 0.3) is 89.5 Å². The van der Waals surface area contributed by atoms with E-state index in [9.17, 15) is 0 Å². The highest BCUT2D eigenvalue weighted by atomic mass is 16.3. The summed E-state index contributed by atoms with van der Waals surface area (Å²) in [5.74, 6) is 1.77. The quantitative estimate of drug-likeness (QED) is 0.175. The van der Waals surface area contributed by atoms with Gasteiger partial charge in [0.25, 0.3) is 0 Å². The van der Waals surface area contributed by atoms with Crippen molar-refractivity contribution in [1.82, 2.24) is 15.0 Å². The molecular weight excluding hydrogens is 647 g/mol. The SMILES string of the molecule is CC(C)(C)c1ccc(-c2ccc(-c3nc(-c4ccccc4)nc(-c4ccccc4)n3)c3oc4c(-c5ccccc5)cc(-c5ccccc5)cc4c23)cc1. The Kier molecular flexibility index (Phi) is 8.01. The van der Waals surface area contributed by atoms with E-state index in [1.807, 2.05) is 66.7 Å². The molecule has 0 amide bonds. The summed E-state index contributed by atoms with van der Waals surface area (Å²) < 4.78 is 7.15. The second-order valence-corrected chi connectivity index (χ2v) is 14.5. The van der Waals surface area contributed by atoms with Crippen LogP contribution in [0.4, 0.5) is 0 Å². The van der Waals surface area contributed by atoms with Crippen LogP contribution in [-0.4, -0.2) is 15.0 Å². The van der Waals surface area contributed by atoms with Crippen molar-refractivity contribution in [3.05, 3.63) is 175 Å². The van der Waals surface area contributed by atoms with Gasteiger partial charge in [-0.25, -0.2) is 15.0 Å². The minimum absolute atomic E-state index is 0.0425. The average molecular weight is 684 g/mol. The normalized spacial score (nSPS) is 11.7. The van der Waals surface area contributed by atoms with Crippen LogP contribution in [0, 0.1) is 0 Å². The molecule has 4 heteroatoms. The molecule has 9 rings (SSSR count). The highest BCUT2D eigenvalue weighted by Crippen LogP contribution is 2.46. The Bertz CT molecular complexity index is 2660. The second-order valence-electron chi connectivity index (χ2n) is 14.5. The Balaban J connectivity index is 1.38. The molecule has 2 aromatic heterocycles. The molecule has 9 aromatic rings. The molecule has 0 bridgehead atoms. The summed E-state index contributed by atoms with van der Waals surface area (Å²) >= 11 is 0. The van der Waals surface area contributed by atoms with E-state index >= 15 is 0 Å². The maximum Gasteiger partial charge on any atom is 0.167 e. The number of benzene rings is 7. The van der Waals surface area contributed by atoms with Gasteiger partial charge in [-0.1, -0.05) is 172 Å². The van der Waals surface area contributed by atoms with E-state index in [0.717, 1.165) is 72.0 Å². The summed E-state index contributed by atoms with van der Waals surface area (Å²) in [6, 6.07) is 59.0. The zero-order valence-electron chi connectivity index (χ0n) is 29.9. The lowest BCUT2D eigenvalue weighted by molar-refractivity contribution is 0.590. The van der Waals surface area contributed by atoms with Crippen molar-refractivity contribution in [3.8, 4) is 67.5 Å². The molecule has 53 heavy (non-hydrogen) atoms. The molecule has 254 valence electrons. The van der Waals surface area contributed by atoms with Gasteiger partial charge in [0.2, 0.25) is 0 Å². The Morgan fingerprint density at radius 3 is 1.40 bits per heavy atom. The molecule has 0 saturated heterocycles. The van der Waals surface area contributed by atoms with E-state index in [0.29, 0.717) is 17.5 Å². The summed E-state index contributed by atoms with van der Waals surface area (Å²) in [6.07, 6.45) is 0. The van der Waals surface area contributed by atoms with Crippen molar-refractivity contribution in [2.75, 3.05) is 0 Å². The molecule has 0 fully saturated rings. The predicted molar refractivity (Wildman–Crippen MR) is 218 cm³/mol. The number of nitrogens with zero attached hydrogens (tertiary/aromatic N) is 3. The first kappa shape index (κ1) is 32.3. The maximum absolute atomic E-state index is 7.15. The van der Waals surface area contributed by atoms with Crippen LogP contribution in [-0.2, 0) is 5.41 Å². The molecule has 4 nitrogen and oxygen atoms in total. The van der Waals surface area contributed by atoms with Gasteiger partial charge in [-0.3, -0.25) is 0 Å². The first-order valence-electron chi connectivity index (χ1n) is 18.0. The molecule has 0 unspecified atom stereocenters. The van der Waals surface area contributed by atoms with Crippen LogP contribution in [0.15, 0.2) is 174 Å². The standard InChI is InChI=1S/C49H37N3O/c1-49(2,3)38-26-24-34(25-27-38)39-28-29-40(48-51-46(35-20-12-6-13-21-35)50-47(52-48)36-22-14-7-15-23-36)45-43(39)42-31-37(32-16-8-4-9-17-32)30-41(44(42)53-45)33-18-10-5-11-19-33/h4-31H,1-3H3. The van der Waals surface area contributed by atoms with Crippen LogP contribution in [0.1, 0.15) is 26.3 Å². The van der Waals surface area contributed by atoms with Gasteiger partial charge in [0.05, 0.1) is 5.56 Å². The number of furan rings is 1. The number of rotatable bonds is 6. The zero-order valence-corrected chi connectivity index (χ0v) is 29.9. The lowest BCUT2D eigenvalue weighted by Gasteiger charge is -2.19. The molecule has 0 N–H and O–H groups in total. The number of aromatic nitrogens is 3. The molecule has 0 aliphatic carbocycles. The maximum atomic E-state index is 7.15. The summed E-state index contributed by atoms with van der Waals surface area (Å²) in [5, 5.41) is 2.07. The van der Waals surface area contributed by atoms with Gasteiger partial charge in [0.1, 0.15) is 11.2 Å². The van der Waals surface area contributed by atoms with Crippen LogP contribution in [0.5, 0.6) is 0 Å². The topological polar surface area (TPSA) is 51.8 Å². The fourth-order valence-electron chi connectivity index (χ4n) is 7.11. The van der Waals surface area contributed by atoms with Crippen LogP contribution < -0.4 is 0 Å². The van der Waals surface area contributed by atoms with Gasteiger partial charge < -0.3 is 4.42 Å². The van der Waals surface area contributed by atoms with Crippen molar-refractivity contribution in [3.63, 3.8) is 0 Å². The van der Waals surface area contributed by atoms with E-state index < -0.39 is 0 Å². The van der Waals surface area contributed by atoms with E-state index in [-0.39, 0.29) is 5.41 Å². The van der Waals surface area contributed by atoms with Crippen molar-refractivity contribution in [2.45, 2.75) is 26.2 Å². The number of hydrogen-bond acceptors (Lipinski definition) is 4. The van der Waals surface area contributed by atoms with Gasteiger partial charge >= 0.3 is 0 Å². The largest absolute Gasteiger partial charge is 0.455 e. The summed E-state index contributed by atoms with van der Waals surface area (Å²) in [6.45, 7) is 6.74. The lowest BCUT2D eigenvalue weighted by atomic mass is 9.85. The van der Waals surface area contributed by atoms with Crippen molar-refractivity contribution in [1.29, 1.82) is 0 Å². The molecule has 0 atom stereocenters. The van der Waals surface area contributed by atoms with Gasteiger partial charge in [-0.15, -0.1) is 0 Å². The molecule has 0 aliphatic rings. The minimum Gasteiger partial charge on any atom is -0.455 e. The van der Waals surface area contributed by atoms with Gasteiger partial charge in [0.15, 0.2) is 17.5 Å². The van der Waals surface area contributed by atoms with Gasteiger partial charge in [0, 0.05) is 27.5 Å². The predicted octanol–water partition coefficient (Wildman–Crippen LogP) is 13.1. The van der Waals surface area contributed by atoms with E-state index in [2.05, 4.69) is 124 Å². The first-order valence-corrected chi connectivity index (χ1v) is 18.0. The second kappa shape index (κ2) is 13.2. The zero-order chi connectivity index (χ0) is 35.9. The van der Waals surface area contributed by atoms with E-state index in [1.165, 1.54) is 5.56 Å². The molecule has 2 heterocycles. The Labute approximate surface area is 309 Å². The number of fused-ring (bicyclic) bond motifs is 3. The molecular formula is C49H37N3O. The van der Waals surface area contributed by atoms with Crippen LogP contribution in [0.3, 0.4) is 0 Å². The molecule has 0 saturated carbocycles. The fraction of sp³-hybridized carbons (Fsp3) is 0.0816. The van der Waals surface area contributed by atoms with Gasteiger partial charge in [-0.05, 0) is 57.0 Å². The minimum atomic E-state index is 0.0425. The fourth-order valence-corrected chi connectivity index (χ4v) is 7.11. The lowest BCUT2D eigenvalue weighted by Crippen LogP contribution is -2.10. The number of hydrogen-bond donors (Lipinski definition) is 0.